The Morgan fingerprint density at radius 1 is 1.10 bits per heavy atom. The summed E-state index contributed by atoms with van der Waals surface area (Å²) in [5.41, 5.74) is 6.17. The summed E-state index contributed by atoms with van der Waals surface area (Å²) in [6.07, 6.45) is 4.01. The molecular formula is C25H24N4OS. The van der Waals surface area contributed by atoms with Crippen molar-refractivity contribution in [2.45, 2.75) is 43.3 Å². The van der Waals surface area contributed by atoms with Gasteiger partial charge >= 0.3 is 0 Å². The summed E-state index contributed by atoms with van der Waals surface area (Å²) in [4.78, 5) is 21.6. The topological polar surface area (TPSA) is 59.8 Å². The maximum atomic E-state index is 12.2. The number of aromatic nitrogens is 3. The average molecular weight is 429 g/mol. The molecule has 31 heavy (non-hydrogen) atoms. The van der Waals surface area contributed by atoms with Gasteiger partial charge in [-0.25, -0.2) is 9.97 Å². The lowest BCUT2D eigenvalue weighted by atomic mass is 10.1. The Labute approximate surface area is 185 Å². The molecule has 0 atom stereocenters. The Kier molecular flexibility index (Phi) is 5.47. The number of imidazole rings is 1. The van der Waals surface area contributed by atoms with Gasteiger partial charge in [-0.15, -0.1) is 0 Å². The lowest BCUT2D eigenvalue weighted by Gasteiger charge is -2.10. The fourth-order valence-electron chi connectivity index (χ4n) is 3.58. The highest BCUT2D eigenvalue weighted by atomic mass is 32.2. The molecule has 1 N–H and O–H groups in total. The lowest BCUT2D eigenvalue weighted by Crippen LogP contribution is -2.25. The van der Waals surface area contributed by atoms with Crippen LogP contribution in [-0.2, 0) is 12.3 Å². The van der Waals surface area contributed by atoms with Gasteiger partial charge in [-0.05, 0) is 55.2 Å². The molecule has 6 heteroatoms. The summed E-state index contributed by atoms with van der Waals surface area (Å²) in [5.74, 6) is 0.800. The SMILES string of the molecule is Cc1cccc(Cn2c(SCc3ccc(C(=O)NC4CC4)cc3)nc3cccnc32)c1. The number of hydrogen-bond donors (Lipinski definition) is 1. The monoisotopic (exact) mass is 428 g/mol. The average Bonchev–Trinajstić information content (AvgIpc) is 3.53. The highest BCUT2D eigenvalue weighted by molar-refractivity contribution is 7.98. The number of nitrogens with zero attached hydrogens (tertiary/aromatic N) is 3. The minimum atomic E-state index is 0.0210. The van der Waals surface area contributed by atoms with Crippen LogP contribution >= 0.6 is 11.8 Å². The summed E-state index contributed by atoms with van der Waals surface area (Å²) < 4.78 is 2.19. The number of pyridine rings is 1. The highest BCUT2D eigenvalue weighted by Crippen LogP contribution is 2.27. The molecule has 1 aliphatic rings. The van der Waals surface area contributed by atoms with Gasteiger partial charge in [0.15, 0.2) is 10.8 Å². The molecule has 2 heterocycles. The number of nitrogens with one attached hydrogen (secondary N) is 1. The molecule has 0 spiro atoms. The van der Waals surface area contributed by atoms with Gasteiger partial charge in [0.25, 0.3) is 5.91 Å². The van der Waals surface area contributed by atoms with E-state index in [1.54, 1.807) is 11.8 Å². The third-order valence-corrected chi connectivity index (χ3v) is 6.44. The van der Waals surface area contributed by atoms with Crippen molar-refractivity contribution in [3.05, 3.63) is 89.1 Å². The van der Waals surface area contributed by atoms with Crippen molar-refractivity contribution in [1.29, 1.82) is 0 Å². The third-order valence-electron chi connectivity index (χ3n) is 5.39. The van der Waals surface area contributed by atoms with E-state index in [1.807, 2.05) is 42.6 Å². The lowest BCUT2D eigenvalue weighted by molar-refractivity contribution is 0.0951. The van der Waals surface area contributed by atoms with Crippen molar-refractivity contribution in [3.8, 4) is 0 Å². The molecule has 0 unspecified atom stereocenters. The van der Waals surface area contributed by atoms with Crippen LogP contribution in [0, 0.1) is 6.92 Å². The van der Waals surface area contributed by atoms with Gasteiger partial charge in [-0.3, -0.25) is 9.36 Å². The van der Waals surface area contributed by atoms with E-state index in [9.17, 15) is 4.79 Å². The molecule has 0 radical (unpaired) electrons. The van der Waals surface area contributed by atoms with Crippen molar-refractivity contribution in [3.63, 3.8) is 0 Å². The molecule has 0 bridgehead atoms. The van der Waals surface area contributed by atoms with Gasteiger partial charge in [-0.1, -0.05) is 53.7 Å². The van der Waals surface area contributed by atoms with E-state index in [4.69, 9.17) is 4.98 Å². The second kappa shape index (κ2) is 8.55. The van der Waals surface area contributed by atoms with Gasteiger partial charge in [0, 0.05) is 23.6 Å². The van der Waals surface area contributed by atoms with Crippen molar-refractivity contribution in [2.75, 3.05) is 0 Å². The number of benzene rings is 2. The summed E-state index contributed by atoms with van der Waals surface area (Å²) in [5, 5.41) is 3.98. The van der Waals surface area contributed by atoms with E-state index in [2.05, 4.69) is 46.1 Å². The first-order valence-electron chi connectivity index (χ1n) is 10.5. The Morgan fingerprint density at radius 2 is 1.94 bits per heavy atom. The number of thioether (sulfide) groups is 1. The fourth-order valence-corrected chi connectivity index (χ4v) is 4.54. The zero-order valence-electron chi connectivity index (χ0n) is 17.4. The summed E-state index contributed by atoms with van der Waals surface area (Å²) in [6, 6.07) is 20.7. The quantitative estimate of drug-likeness (QED) is 0.422. The molecule has 1 amide bonds. The van der Waals surface area contributed by atoms with Crippen LogP contribution in [0.5, 0.6) is 0 Å². The van der Waals surface area contributed by atoms with Crippen LogP contribution in [0.15, 0.2) is 72.0 Å². The van der Waals surface area contributed by atoms with Crippen LogP contribution in [0.25, 0.3) is 11.2 Å². The smallest absolute Gasteiger partial charge is 0.251 e. The molecule has 1 saturated carbocycles. The van der Waals surface area contributed by atoms with Gasteiger partial charge in [0.2, 0.25) is 0 Å². The predicted molar refractivity (Wildman–Crippen MR) is 124 cm³/mol. The minimum absolute atomic E-state index is 0.0210. The van der Waals surface area contributed by atoms with Crippen LogP contribution in [0.1, 0.15) is 39.9 Å². The molecule has 2 aromatic heterocycles. The number of fused-ring (bicyclic) bond motifs is 1. The second-order valence-electron chi connectivity index (χ2n) is 8.05. The number of amides is 1. The van der Waals surface area contributed by atoms with Crippen molar-refractivity contribution in [1.82, 2.24) is 19.9 Å². The molecule has 5 rings (SSSR count). The van der Waals surface area contributed by atoms with E-state index < -0.39 is 0 Å². The third kappa shape index (κ3) is 4.64. The number of hydrogen-bond acceptors (Lipinski definition) is 4. The molecule has 0 saturated heterocycles. The first-order chi connectivity index (χ1) is 15.2. The molecule has 0 aliphatic heterocycles. The van der Waals surface area contributed by atoms with Crippen LogP contribution in [0.4, 0.5) is 0 Å². The molecule has 5 nitrogen and oxygen atoms in total. The normalized spacial score (nSPS) is 13.5. The van der Waals surface area contributed by atoms with E-state index in [1.165, 1.54) is 11.1 Å². The fraction of sp³-hybridized carbons (Fsp3) is 0.240. The predicted octanol–water partition coefficient (Wildman–Crippen LogP) is 4.97. The van der Waals surface area contributed by atoms with Crippen molar-refractivity contribution >= 4 is 28.8 Å². The Balaban J connectivity index is 1.34. The number of carbonyl (C=O) groups is 1. The first kappa shape index (κ1) is 19.8. The number of rotatable bonds is 7. The molecule has 1 fully saturated rings. The largest absolute Gasteiger partial charge is 0.349 e. The first-order valence-corrected chi connectivity index (χ1v) is 11.5. The van der Waals surface area contributed by atoms with Crippen LogP contribution in [0.3, 0.4) is 0 Å². The van der Waals surface area contributed by atoms with E-state index >= 15 is 0 Å². The highest BCUT2D eigenvalue weighted by Gasteiger charge is 2.23. The molecule has 1 aliphatic carbocycles. The zero-order valence-corrected chi connectivity index (χ0v) is 18.2. The van der Waals surface area contributed by atoms with Crippen LogP contribution < -0.4 is 5.32 Å². The molecule has 2 aromatic carbocycles. The van der Waals surface area contributed by atoms with Crippen LogP contribution in [-0.4, -0.2) is 26.5 Å². The summed E-state index contributed by atoms with van der Waals surface area (Å²) in [7, 11) is 0. The van der Waals surface area contributed by atoms with E-state index in [-0.39, 0.29) is 5.91 Å². The maximum absolute atomic E-state index is 12.2. The van der Waals surface area contributed by atoms with Crippen molar-refractivity contribution in [2.24, 2.45) is 0 Å². The molecule has 156 valence electrons. The Morgan fingerprint density at radius 3 is 2.71 bits per heavy atom. The van der Waals surface area contributed by atoms with Crippen LogP contribution in [0.2, 0.25) is 0 Å². The molecular weight excluding hydrogens is 404 g/mol. The Hall–Kier alpha value is -3.12. The summed E-state index contributed by atoms with van der Waals surface area (Å²) in [6.45, 7) is 2.84. The molecule has 4 aromatic rings. The number of carbonyl (C=O) groups excluding carboxylic acids is 1. The standard InChI is InChI=1S/C25H24N4OS/c1-17-4-2-5-19(14-17)15-29-23-22(6-3-13-26-23)28-25(29)31-16-18-7-9-20(10-8-18)24(30)27-21-11-12-21/h2-10,13-14,21H,11-12,15-16H2,1H3,(H,27,30). The van der Waals surface area contributed by atoms with Gasteiger partial charge in [0.05, 0.1) is 6.54 Å². The van der Waals surface area contributed by atoms with Gasteiger partial charge < -0.3 is 5.32 Å². The zero-order chi connectivity index (χ0) is 21.2. The second-order valence-corrected chi connectivity index (χ2v) is 8.99. The summed E-state index contributed by atoms with van der Waals surface area (Å²) >= 11 is 1.70. The minimum Gasteiger partial charge on any atom is -0.349 e. The maximum Gasteiger partial charge on any atom is 0.251 e. The van der Waals surface area contributed by atoms with Crippen molar-refractivity contribution < 1.29 is 4.79 Å². The van der Waals surface area contributed by atoms with E-state index in [0.29, 0.717) is 6.04 Å². The van der Waals surface area contributed by atoms with Gasteiger partial charge in [0.1, 0.15) is 5.52 Å². The Bertz CT molecular complexity index is 1230. The van der Waals surface area contributed by atoms with E-state index in [0.717, 1.165) is 52.6 Å². The van der Waals surface area contributed by atoms with Gasteiger partial charge in [-0.2, -0.15) is 0 Å². The number of aryl methyl sites for hydroxylation is 1.